The monoisotopic (exact) mass is 278 g/mol. The van der Waals surface area contributed by atoms with Crippen LogP contribution in [0.1, 0.15) is 45.2 Å². The van der Waals surface area contributed by atoms with Gasteiger partial charge >= 0.3 is 0 Å². The molecule has 0 radical (unpaired) electrons. The molecule has 0 aliphatic heterocycles. The number of likely N-dealkylation sites (N-methyl/N-ethyl adjacent to an activating group) is 1. The highest BCUT2D eigenvalue weighted by Crippen LogP contribution is 2.36. The van der Waals surface area contributed by atoms with Crippen LogP contribution in [0.4, 0.5) is 0 Å². The second-order valence-electron chi connectivity index (χ2n) is 6.41. The molecule has 4 nitrogen and oxygen atoms in total. The first kappa shape index (κ1) is 15.5. The van der Waals surface area contributed by atoms with Crippen LogP contribution in [0.3, 0.4) is 0 Å². The van der Waals surface area contributed by atoms with Crippen LogP contribution in [-0.2, 0) is 13.5 Å². The number of hydrogen-bond donors (Lipinski definition) is 1. The van der Waals surface area contributed by atoms with Gasteiger partial charge in [-0.05, 0) is 31.4 Å². The van der Waals surface area contributed by atoms with Crippen LogP contribution in [0.25, 0.3) is 0 Å². The molecule has 0 spiro atoms. The second kappa shape index (κ2) is 6.72. The van der Waals surface area contributed by atoms with Gasteiger partial charge in [-0.2, -0.15) is 5.10 Å². The number of aromatic nitrogens is 2. The molecule has 2 unspecified atom stereocenters. The Kier molecular flexibility index (Phi) is 5.22. The number of hydrogen-bond acceptors (Lipinski definition) is 3. The van der Waals surface area contributed by atoms with Crippen molar-refractivity contribution in [3.05, 3.63) is 18.0 Å². The van der Waals surface area contributed by atoms with Crippen LogP contribution in [0.15, 0.2) is 12.3 Å². The van der Waals surface area contributed by atoms with Gasteiger partial charge in [0.2, 0.25) is 0 Å². The lowest BCUT2D eigenvalue weighted by Gasteiger charge is -2.47. The first-order valence-corrected chi connectivity index (χ1v) is 8.03. The Balaban J connectivity index is 2.03. The van der Waals surface area contributed by atoms with Crippen molar-refractivity contribution in [2.24, 2.45) is 18.7 Å². The first-order chi connectivity index (χ1) is 9.61. The summed E-state index contributed by atoms with van der Waals surface area (Å²) in [6, 6.07) is 2.12. The zero-order valence-corrected chi connectivity index (χ0v) is 13.3. The number of nitrogens with two attached hydrogens (primary N) is 1. The summed E-state index contributed by atoms with van der Waals surface area (Å²) < 4.78 is 1.98. The van der Waals surface area contributed by atoms with Crippen molar-refractivity contribution in [3.63, 3.8) is 0 Å². The van der Waals surface area contributed by atoms with Crippen molar-refractivity contribution < 1.29 is 0 Å². The summed E-state index contributed by atoms with van der Waals surface area (Å²) in [5.41, 5.74) is 7.73. The van der Waals surface area contributed by atoms with E-state index in [9.17, 15) is 0 Å². The van der Waals surface area contributed by atoms with Crippen molar-refractivity contribution >= 4 is 0 Å². The maximum atomic E-state index is 6.20. The third-order valence-electron chi connectivity index (χ3n) is 5.06. The molecule has 0 bridgehead atoms. The molecule has 0 aromatic carbocycles. The van der Waals surface area contributed by atoms with Gasteiger partial charge in [0, 0.05) is 44.0 Å². The largest absolute Gasteiger partial charge is 0.329 e. The summed E-state index contributed by atoms with van der Waals surface area (Å²) in [6.07, 6.45) is 8.13. The Morgan fingerprint density at radius 1 is 1.55 bits per heavy atom. The molecule has 1 saturated carbocycles. The maximum Gasteiger partial charge on any atom is 0.0492 e. The zero-order valence-electron chi connectivity index (χ0n) is 13.3. The smallest absolute Gasteiger partial charge is 0.0492 e. The SMILES string of the molecule is CCN(CCc1ccnn1C)C1(CN)CCCC(C)C1. The Morgan fingerprint density at radius 3 is 2.90 bits per heavy atom. The first-order valence-electron chi connectivity index (χ1n) is 8.03. The summed E-state index contributed by atoms with van der Waals surface area (Å²) in [5.74, 6) is 0.804. The molecule has 1 aliphatic rings. The van der Waals surface area contributed by atoms with E-state index in [1.807, 2.05) is 17.9 Å². The van der Waals surface area contributed by atoms with Crippen molar-refractivity contribution in [3.8, 4) is 0 Å². The van der Waals surface area contributed by atoms with E-state index in [0.29, 0.717) is 0 Å². The Labute approximate surface area is 123 Å². The molecule has 1 heterocycles. The normalized spacial score (nSPS) is 27.1. The molecule has 2 rings (SSSR count). The van der Waals surface area contributed by atoms with E-state index in [-0.39, 0.29) is 5.54 Å². The molecule has 0 amide bonds. The highest BCUT2D eigenvalue weighted by molar-refractivity contribution is 5.02. The fraction of sp³-hybridized carbons (Fsp3) is 0.812. The lowest BCUT2D eigenvalue weighted by atomic mass is 9.75. The van der Waals surface area contributed by atoms with Crippen LogP contribution < -0.4 is 5.73 Å². The molecule has 1 aromatic heterocycles. The standard InChI is InChI=1S/C16H30N4/c1-4-20(11-8-15-7-10-18-19(15)3)16(13-17)9-5-6-14(2)12-16/h7,10,14H,4-6,8-9,11-13,17H2,1-3H3. The van der Waals surface area contributed by atoms with Crippen molar-refractivity contribution in [1.82, 2.24) is 14.7 Å². The lowest BCUT2D eigenvalue weighted by molar-refractivity contribution is 0.0438. The van der Waals surface area contributed by atoms with Crippen LogP contribution >= 0.6 is 0 Å². The van der Waals surface area contributed by atoms with E-state index in [2.05, 4.69) is 29.9 Å². The fourth-order valence-electron chi connectivity index (χ4n) is 3.86. The van der Waals surface area contributed by atoms with Crippen LogP contribution in [0.5, 0.6) is 0 Å². The van der Waals surface area contributed by atoms with Crippen molar-refractivity contribution in [2.45, 2.75) is 51.5 Å². The third-order valence-corrected chi connectivity index (χ3v) is 5.06. The minimum absolute atomic E-state index is 0.227. The molecule has 1 aliphatic carbocycles. The number of rotatable bonds is 6. The van der Waals surface area contributed by atoms with Gasteiger partial charge in [0.1, 0.15) is 0 Å². The zero-order chi connectivity index (χ0) is 14.6. The van der Waals surface area contributed by atoms with Gasteiger partial charge in [-0.3, -0.25) is 9.58 Å². The summed E-state index contributed by atoms with van der Waals surface area (Å²) >= 11 is 0. The molecule has 4 heteroatoms. The van der Waals surface area contributed by atoms with Gasteiger partial charge in [0.05, 0.1) is 0 Å². The molecule has 2 N–H and O–H groups in total. The van der Waals surface area contributed by atoms with Crippen molar-refractivity contribution in [1.29, 1.82) is 0 Å². The molecule has 0 saturated heterocycles. The summed E-state index contributed by atoms with van der Waals surface area (Å²) in [4.78, 5) is 2.62. The van der Waals surface area contributed by atoms with E-state index in [1.54, 1.807) is 0 Å². The van der Waals surface area contributed by atoms with E-state index in [4.69, 9.17) is 5.73 Å². The predicted octanol–water partition coefficient (Wildman–Crippen LogP) is 2.19. The molecule has 20 heavy (non-hydrogen) atoms. The van der Waals surface area contributed by atoms with E-state index in [0.717, 1.165) is 32.0 Å². The second-order valence-corrected chi connectivity index (χ2v) is 6.41. The van der Waals surface area contributed by atoms with E-state index >= 15 is 0 Å². The van der Waals surface area contributed by atoms with E-state index < -0.39 is 0 Å². The minimum Gasteiger partial charge on any atom is -0.329 e. The minimum atomic E-state index is 0.227. The average molecular weight is 278 g/mol. The summed E-state index contributed by atoms with van der Waals surface area (Å²) in [5, 5.41) is 4.26. The topological polar surface area (TPSA) is 47.1 Å². The van der Waals surface area contributed by atoms with Crippen molar-refractivity contribution in [2.75, 3.05) is 19.6 Å². The predicted molar refractivity (Wildman–Crippen MR) is 83.6 cm³/mol. The highest BCUT2D eigenvalue weighted by atomic mass is 15.3. The molecular weight excluding hydrogens is 248 g/mol. The van der Waals surface area contributed by atoms with Gasteiger partial charge in [0.15, 0.2) is 0 Å². The molecule has 114 valence electrons. The third kappa shape index (κ3) is 3.23. The van der Waals surface area contributed by atoms with E-state index in [1.165, 1.54) is 31.4 Å². The number of nitrogens with zero attached hydrogens (tertiary/aromatic N) is 3. The van der Waals surface area contributed by atoms with Gasteiger partial charge in [-0.15, -0.1) is 0 Å². The fourth-order valence-corrected chi connectivity index (χ4v) is 3.86. The average Bonchev–Trinajstić information content (AvgIpc) is 2.85. The molecule has 2 atom stereocenters. The molecular formula is C16H30N4. The van der Waals surface area contributed by atoms with Crippen LogP contribution in [0, 0.1) is 5.92 Å². The maximum absolute atomic E-state index is 6.20. The Morgan fingerprint density at radius 2 is 2.35 bits per heavy atom. The molecule has 1 fully saturated rings. The molecule has 1 aromatic rings. The van der Waals surface area contributed by atoms with Gasteiger partial charge in [0.25, 0.3) is 0 Å². The van der Waals surface area contributed by atoms with Gasteiger partial charge in [-0.1, -0.05) is 26.7 Å². The quantitative estimate of drug-likeness (QED) is 0.867. The van der Waals surface area contributed by atoms with Gasteiger partial charge < -0.3 is 5.73 Å². The Hall–Kier alpha value is -0.870. The summed E-state index contributed by atoms with van der Waals surface area (Å²) in [6.45, 7) is 7.59. The van der Waals surface area contributed by atoms with Crippen LogP contribution in [0.2, 0.25) is 0 Å². The highest BCUT2D eigenvalue weighted by Gasteiger charge is 2.38. The Bertz CT molecular complexity index is 414. The lowest BCUT2D eigenvalue weighted by Crippen LogP contribution is -2.56. The van der Waals surface area contributed by atoms with Crippen LogP contribution in [-0.4, -0.2) is 39.9 Å². The summed E-state index contributed by atoms with van der Waals surface area (Å²) in [7, 11) is 2.02. The van der Waals surface area contributed by atoms with Gasteiger partial charge in [-0.25, -0.2) is 0 Å². The number of aryl methyl sites for hydroxylation is 1.